The lowest BCUT2D eigenvalue weighted by molar-refractivity contribution is 0.112. The average molecular weight is 262 g/mol. The lowest BCUT2D eigenvalue weighted by Gasteiger charge is -2.16. The van der Waals surface area contributed by atoms with E-state index in [2.05, 4.69) is 4.98 Å². The summed E-state index contributed by atoms with van der Waals surface area (Å²) < 4.78 is 5.19. The number of hydrogen-bond donors (Lipinski definition) is 0. The Bertz CT molecular complexity index is 539. The van der Waals surface area contributed by atoms with Gasteiger partial charge in [0.1, 0.15) is 5.75 Å². The molecule has 0 fully saturated rings. The van der Waals surface area contributed by atoms with Crippen molar-refractivity contribution in [2.24, 2.45) is 0 Å². The highest BCUT2D eigenvalue weighted by atomic mass is 32.1. The first-order valence-corrected chi connectivity index (χ1v) is 6.29. The van der Waals surface area contributed by atoms with E-state index in [0.717, 1.165) is 29.3 Å². The van der Waals surface area contributed by atoms with Gasteiger partial charge in [-0.1, -0.05) is 23.5 Å². The van der Waals surface area contributed by atoms with Crippen LogP contribution in [-0.4, -0.2) is 25.4 Å². The lowest BCUT2D eigenvalue weighted by Crippen LogP contribution is -2.15. The van der Waals surface area contributed by atoms with Crippen molar-refractivity contribution in [3.8, 4) is 5.75 Å². The molecule has 0 bridgehead atoms. The zero-order valence-electron chi connectivity index (χ0n) is 10.3. The molecule has 0 saturated heterocycles. The van der Waals surface area contributed by atoms with Gasteiger partial charge < -0.3 is 9.64 Å². The molecule has 0 spiro atoms. The number of thiazole rings is 1. The van der Waals surface area contributed by atoms with Crippen molar-refractivity contribution in [1.29, 1.82) is 0 Å². The van der Waals surface area contributed by atoms with Gasteiger partial charge in [-0.3, -0.25) is 4.79 Å². The molecule has 2 aromatic rings. The minimum absolute atomic E-state index is 0.641. The van der Waals surface area contributed by atoms with Crippen molar-refractivity contribution < 1.29 is 9.53 Å². The molecular formula is C13H14N2O2S. The van der Waals surface area contributed by atoms with Crippen LogP contribution in [0.5, 0.6) is 5.75 Å². The molecule has 0 aliphatic carbocycles. The molecular weight excluding hydrogens is 248 g/mol. The zero-order chi connectivity index (χ0) is 13.0. The van der Waals surface area contributed by atoms with Gasteiger partial charge in [0.05, 0.1) is 18.2 Å². The smallest absolute Gasteiger partial charge is 0.185 e. The van der Waals surface area contributed by atoms with Crippen LogP contribution in [0.1, 0.15) is 15.2 Å². The maximum atomic E-state index is 10.6. The first kappa shape index (κ1) is 12.6. The zero-order valence-corrected chi connectivity index (χ0v) is 11.1. The van der Waals surface area contributed by atoms with Crippen LogP contribution >= 0.6 is 11.3 Å². The summed E-state index contributed by atoms with van der Waals surface area (Å²) in [5.41, 5.74) is 1.14. The fraction of sp³-hybridized carbons (Fsp3) is 0.231. The number of ether oxygens (including phenoxy) is 1. The quantitative estimate of drug-likeness (QED) is 0.777. The van der Waals surface area contributed by atoms with Gasteiger partial charge in [-0.05, 0) is 17.7 Å². The molecule has 0 saturated carbocycles. The molecule has 0 N–H and O–H groups in total. The van der Waals surface area contributed by atoms with Crippen LogP contribution in [0.3, 0.4) is 0 Å². The Morgan fingerprint density at radius 1 is 1.50 bits per heavy atom. The number of hydrogen-bond acceptors (Lipinski definition) is 5. The number of methoxy groups -OCH3 is 1. The van der Waals surface area contributed by atoms with Crippen LogP contribution < -0.4 is 9.64 Å². The second-order valence-electron chi connectivity index (χ2n) is 3.87. The van der Waals surface area contributed by atoms with Crippen molar-refractivity contribution in [3.63, 3.8) is 0 Å². The third-order valence-corrected chi connectivity index (χ3v) is 3.54. The number of nitrogens with zero attached hydrogens (tertiary/aromatic N) is 2. The molecule has 4 nitrogen and oxygen atoms in total. The van der Waals surface area contributed by atoms with E-state index in [-0.39, 0.29) is 0 Å². The Labute approximate surface area is 110 Å². The highest BCUT2D eigenvalue weighted by Gasteiger charge is 2.07. The van der Waals surface area contributed by atoms with E-state index in [4.69, 9.17) is 4.74 Å². The van der Waals surface area contributed by atoms with Crippen molar-refractivity contribution >= 4 is 22.8 Å². The van der Waals surface area contributed by atoms with Gasteiger partial charge >= 0.3 is 0 Å². The SMILES string of the molecule is COc1cccc(CN(C)c2ncc(C=O)s2)c1. The van der Waals surface area contributed by atoms with E-state index in [1.54, 1.807) is 13.3 Å². The molecule has 2 rings (SSSR count). The summed E-state index contributed by atoms with van der Waals surface area (Å²) in [4.78, 5) is 17.5. The molecule has 94 valence electrons. The largest absolute Gasteiger partial charge is 0.497 e. The Kier molecular flexibility index (Phi) is 3.94. The predicted octanol–water partition coefficient (Wildman–Crippen LogP) is 2.60. The number of carbonyl (C=O) groups is 1. The van der Waals surface area contributed by atoms with Gasteiger partial charge in [-0.25, -0.2) is 4.98 Å². The summed E-state index contributed by atoms with van der Waals surface area (Å²) in [5.74, 6) is 0.841. The van der Waals surface area contributed by atoms with Gasteiger partial charge in [0, 0.05) is 13.6 Å². The molecule has 0 aliphatic rings. The standard InChI is InChI=1S/C13H14N2O2S/c1-15(13-14-7-12(9-16)18-13)8-10-4-3-5-11(6-10)17-2/h3-7,9H,8H2,1-2H3. The molecule has 0 unspecified atom stereocenters. The number of carbonyl (C=O) groups excluding carboxylic acids is 1. The van der Waals surface area contributed by atoms with Gasteiger partial charge in [-0.2, -0.15) is 0 Å². The second-order valence-corrected chi connectivity index (χ2v) is 4.91. The van der Waals surface area contributed by atoms with Crippen LogP contribution in [0.25, 0.3) is 0 Å². The summed E-state index contributed by atoms with van der Waals surface area (Å²) in [7, 11) is 3.60. The van der Waals surface area contributed by atoms with Crippen molar-refractivity contribution in [2.75, 3.05) is 19.1 Å². The maximum absolute atomic E-state index is 10.6. The molecule has 0 aliphatic heterocycles. The van der Waals surface area contributed by atoms with Gasteiger partial charge in [0.15, 0.2) is 11.4 Å². The van der Waals surface area contributed by atoms with E-state index in [9.17, 15) is 4.79 Å². The third kappa shape index (κ3) is 2.87. The first-order chi connectivity index (χ1) is 8.72. The minimum atomic E-state index is 0.641. The number of aldehydes is 1. The Morgan fingerprint density at radius 3 is 3.00 bits per heavy atom. The van der Waals surface area contributed by atoms with E-state index in [0.29, 0.717) is 4.88 Å². The Morgan fingerprint density at radius 2 is 2.33 bits per heavy atom. The van der Waals surface area contributed by atoms with E-state index in [1.165, 1.54) is 11.3 Å². The van der Waals surface area contributed by atoms with Crippen LogP contribution in [0.2, 0.25) is 0 Å². The summed E-state index contributed by atoms with van der Waals surface area (Å²) in [6, 6.07) is 7.90. The van der Waals surface area contributed by atoms with Crippen LogP contribution in [-0.2, 0) is 6.54 Å². The number of rotatable bonds is 5. The number of aromatic nitrogens is 1. The first-order valence-electron chi connectivity index (χ1n) is 5.48. The predicted molar refractivity (Wildman–Crippen MR) is 72.6 cm³/mol. The van der Waals surface area contributed by atoms with Crippen LogP contribution in [0.4, 0.5) is 5.13 Å². The van der Waals surface area contributed by atoms with Crippen LogP contribution in [0, 0.1) is 0 Å². The van der Waals surface area contributed by atoms with E-state index >= 15 is 0 Å². The average Bonchev–Trinajstić information content (AvgIpc) is 2.88. The lowest BCUT2D eigenvalue weighted by atomic mass is 10.2. The van der Waals surface area contributed by atoms with Crippen LogP contribution in [0.15, 0.2) is 30.5 Å². The van der Waals surface area contributed by atoms with E-state index < -0.39 is 0 Å². The summed E-state index contributed by atoms with van der Waals surface area (Å²) >= 11 is 1.39. The number of benzene rings is 1. The fourth-order valence-electron chi connectivity index (χ4n) is 1.62. The summed E-state index contributed by atoms with van der Waals surface area (Å²) in [6.45, 7) is 0.725. The third-order valence-electron chi connectivity index (χ3n) is 2.51. The number of anilines is 1. The summed E-state index contributed by atoms with van der Waals surface area (Å²) in [6.07, 6.45) is 2.41. The van der Waals surface area contributed by atoms with Crippen molar-refractivity contribution in [2.45, 2.75) is 6.54 Å². The monoisotopic (exact) mass is 262 g/mol. The van der Waals surface area contributed by atoms with E-state index in [1.807, 2.05) is 36.2 Å². The Balaban J connectivity index is 2.10. The highest BCUT2D eigenvalue weighted by molar-refractivity contribution is 7.17. The summed E-state index contributed by atoms with van der Waals surface area (Å²) in [5, 5.41) is 0.833. The minimum Gasteiger partial charge on any atom is -0.497 e. The molecule has 0 amide bonds. The molecule has 5 heteroatoms. The van der Waals surface area contributed by atoms with Crippen molar-refractivity contribution in [1.82, 2.24) is 4.98 Å². The van der Waals surface area contributed by atoms with Gasteiger partial charge in [0.25, 0.3) is 0 Å². The molecule has 1 aromatic heterocycles. The Hall–Kier alpha value is -1.88. The van der Waals surface area contributed by atoms with Gasteiger partial charge in [-0.15, -0.1) is 0 Å². The topological polar surface area (TPSA) is 42.4 Å². The second kappa shape index (κ2) is 5.64. The van der Waals surface area contributed by atoms with Crippen molar-refractivity contribution in [3.05, 3.63) is 40.9 Å². The fourth-order valence-corrected chi connectivity index (χ4v) is 2.31. The molecule has 0 radical (unpaired) electrons. The molecule has 18 heavy (non-hydrogen) atoms. The highest BCUT2D eigenvalue weighted by Crippen LogP contribution is 2.22. The molecule has 0 atom stereocenters. The molecule has 1 heterocycles. The maximum Gasteiger partial charge on any atom is 0.185 e. The normalized spacial score (nSPS) is 10.1. The molecule has 1 aromatic carbocycles. The van der Waals surface area contributed by atoms with Gasteiger partial charge in [0.2, 0.25) is 0 Å².